The van der Waals surface area contributed by atoms with Gasteiger partial charge in [0.05, 0.1) is 18.8 Å². The maximum atomic E-state index is 12.1. The molecule has 16 nitrogen and oxygen atoms in total. The number of nitrogens with zero attached hydrogens (tertiary/aromatic N) is 4. The van der Waals surface area contributed by atoms with Crippen LogP contribution in [0.15, 0.2) is 20.9 Å². The summed E-state index contributed by atoms with van der Waals surface area (Å²) in [6.07, 6.45) is -0.693. The Morgan fingerprint density at radius 1 is 1.42 bits per heavy atom. The molecule has 2 heterocycles. The van der Waals surface area contributed by atoms with Crippen molar-refractivity contribution in [2.75, 3.05) is 6.61 Å². The van der Waals surface area contributed by atoms with E-state index in [1.54, 1.807) is 0 Å². The lowest BCUT2D eigenvalue weighted by atomic mass is 10.1. The molecule has 1 saturated heterocycles. The van der Waals surface area contributed by atoms with Gasteiger partial charge >= 0.3 is 21.3 Å². The maximum Gasteiger partial charge on any atom is 0.487 e. The first-order valence-electron chi connectivity index (χ1n) is 7.92. The molecule has 5 atom stereocenters. The van der Waals surface area contributed by atoms with Crippen molar-refractivity contribution in [2.45, 2.75) is 31.7 Å². The van der Waals surface area contributed by atoms with Gasteiger partial charge in [-0.2, -0.15) is 4.31 Å². The molecule has 0 amide bonds. The number of aromatic amines is 1. The van der Waals surface area contributed by atoms with Gasteiger partial charge in [-0.3, -0.25) is 14.3 Å². The molecular weight excluding hydrogens is 523 g/mol. The van der Waals surface area contributed by atoms with Gasteiger partial charge in [0, 0.05) is 23.1 Å². The largest absolute Gasteiger partial charge is 0.487 e. The van der Waals surface area contributed by atoms with E-state index in [1.165, 1.54) is 13.1 Å². The third-order valence-corrected chi connectivity index (χ3v) is 9.40. The van der Waals surface area contributed by atoms with Crippen LogP contribution in [0.2, 0.25) is 0 Å². The first-order valence-corrected chi connectivity index (χ1v) is 14.7. The number of rotatable bonds is 9. The number of azide groups is 1. The molecule has 31 heavy (non-hydrogen) atoms. The van der Waals surface area contributed by atoms with Crippen molar-refractivity contribution in [1.82, 2.24) is 9.55 Å². The molecular formula is C10H16N5O11P3S2. The molecule has 1 aliphatic heterocycles. The molecule has 3 unspecified atom stereocenters. The van der Waals surface area contributed by atoms with Gasteiger partial charge in [0.2, 0.25) is 0 Å². The molecule has 0 aromatic carbocycles. The highest BCUT2D eigenvalue weighted by Crippen LogP contribution is 2.69. The van der Waals surface area contributed by atoms with E-state index >= 15 is 0 Å². The minimum Gasteiger partial charge on any atom is -0.352 e. The number of hydrogen-bond donors (Lipinski definition) is 5. The lowest BCUT2D eigenvalue weighted by Gasteiger charge is -2.22. The number of ether oxygens (including phenoxy) is 1. The number of aryl methyl sites for hydroxylation is 1. The van der Waals surface area contributed by atoms with E-state index < -0.39 is 57.6 Å². The van der Waals surface area contributed by atoms with Crippen LogP contribution in [-0.4, -0.2) is 43.0 Å². The summed E-state index contributed by atoms with van der Waals surface area (Å²) in [6.45, 7) is 0.977. The number of nitrogens with one attached hydrogen (secondary N) is 1. The minimum absolute atomic E-state index is 0.0135. The van der Waals surface area contributed by atoms with Crippen LogP contribution in [0.5, 0.6) is 0 Å². The van der Waals surface area contributed by atoms with E-state index in [4.69, 9.17) is 36.4 Å². The Bertz CT molecular complexity index is 1140. The topological polar surface area (TPSA) is 235 Å². The first-order chi connectivity index (χ1) is 14.1. The summed E-state index contributed by atoms with van der Waals surface area (Å²) in [4.78, 5) is 55.0. The average molecular weight is 539 g/mol. The van der Waals surface area contributed by atoms with Gasteiger partial charge in [-0.1, -0.05) is 17.4 Å². The lowest BCUT2D eigenvalue weighted by Crippen LogP contribution is -2.33. The van der Waals surface area contributed by atoms with Crippen LogP contribution in [0.3, 0.4) is 0 Å². The highest BCUT2D eigenvalue weighted by atomic mass is 32.9. The van der Waals surface area contributed by atoms with Crippen LogP contribution in [-0.2, 0) is 38.8 Å². The fourth-order valence-electron chi connectivity index (χ4n) is 2.49. The molecule has 1 aromatic rings. The highest BCUT2D eigenvalue weighted by Gasteiger charge is 2.40. The van der Waals surface area contributed by atoms with Crippen LogP contribution < -0.4 is 11.2 Å². The van der Waals surface area contributed by atoms with E-state index in [-0.39, 0.29) is 12.0 Å². The molecule has 0 saturated carbocycles. The zero-order valence-corrected chi connectivity index (χ0v) is 19.7. The fourth-order valence-corrected chi connectivity index (χ4v) is 7.50. The Balaban J connectivity index is 2.14. The summed E-state index contributed by atoms with van der Waals surface area (Å²) in [5.41, 5.74) is 3.74. The number of aromatic nitrogens is 2. The van der Waals surface area contributed by atoms with Gasteiger partial charge in [-0.05, 0) is 24.3 Å². The Hall–Kier alpha value is -0.830. The van der Waals surface area contributed by atoms with E-state index in [1.807, 2.05) is 0 Å². The van der Waals surface area contributed by atoms with Crippen molar-refractivity contribution in [2.24, 2.45) is 5.11 Å². The van der Waals surface area contributed by atoms with Crippen molar-refractivity contribution >= 4 is 45.4 Å². The SMILES string of the molecule is Cc1cn([C@H]2CC(N=[N+]=[N-])[C@@H](COP(=S)(S)OP(=O)(O)OP(=O)(O)O)O2)c(=O)[nH]c1=O. The molecule has 4 N–H and O–H groups in total. The third kappa shape index (κ3) is 7.91. The van der Waals surface area contributed by atoms with Gasteiger partial charge in [0.1, 0.15) is 6.23 Å². The predicted molar refractivity (Wildman–Crippen MR) is 111 cm³/mol. The highest BCUT2D eigenvalue weighted by molar-refractivity contribution is 8.60. The Morgan fingerprint density at radius 3 is 2.65 bits per heavy atom. The molecule has 0 bridgehead atoms. The maximum absolute atomic E-state index is 12.1. The number of thiol groups is 1. The summed E-state index contributed by atoms with van der Waals surface area (Å²) >= 11 is 8.59. The molecule has 21 heteroatoms. The van der Waals surface area contributed by atoms with E-state index in [9.17, 15) is 23.6 Å². The normalized spacial score (nSPS) is 25.4. The minimum atomic E-state index is -5.38. The van der Waals surface area contributed by atoms with Crippen LogP contribution in [0.1, 0.15) is 18.2 Å². The molecule has 1 fully saturated rings. The molecule has 0 radical (unpaired) electrons. The van der Waals surface area contributed by atoms with E-state index in [0.717, 1.165) is 4.57 Å². The van der Waals surface area contributed by atoms with E-state index in [0.29, 0.717) is 0 Å². The van der Waals surface area contributed by atoms with E-state index in [2.05, 4.69) is 35.9 Å². The second-order valence-corrected chi connectivity index (χ2v) is 14.3. The van der Waals surface area contributed by atoms with Gasteiger partial charge in [-0.15, -0.1) is 0 Å². The summed E-state index contributed by atoms with van der Waals surface area (Å²) in [6, 6.07) is -0.871. The van der Waals surface area contributed by atoms with Gasteiger partial charge in [0.25, 0.3) is 11.3 Å². The number of H-pyrrole nitrogens is 1. The van der Waals surface area contributed by atoms with Crippen molar-refractivity contribution < 1.29 is 41.7 Å². The molecule has 0 aliphatic carbocycles. The van der Waals surface area contributed by atoms with Crippen molar-refractivity contribution in [1.29, 1.82) is 0 Å². The van der Waals surface area contributed by atoms with Crippen LogP contribution in [0, 0.1) is 6.92 Å². The predicted octanol–water partition coefficient (Wildman–Crippen LogP) is 1.21. The number of phosphoric acid groups is 2. The quantitative estimate of drug-likeness (QED) is 0.0979. The standard InChI is InChI=1S/C10H16N5O11P3S2/c1-5-3-15(10(17)12-9(5)16)8-2-6(13-14-11)7(24-8)4-23-29(30,31)26-28(21,22)25-27(18,19)20/h3,6-8H,2,4H2,1H3,(H,21,22)(H,30,31)(H,12,16,17)(H2,18,19,20)/t6?,7-,8-/m1/s1. The van der Waals surface area contributed by atoms with Crippen LogP contribution >= 0.6 is 33.6 Å². The molecule has 1 aliphatic rings. The summed E-state index contributed by atoms with van der Waals surface area (Å²) < 4.78 is 42.3. The van der Waals surface area contributed by atoms with Gasteiger partial charge in [0.15, 0.2) is 0 Å². The second-order valence-electron chi connectivity index (χ2n) is 6.00. The molecule has 1 aromatic heterocycles. The third-order valence-electron chi connectivity index (χ3n) is 3.68. The summed E-state index contributed by atoms with van der Waals surface area (Å²) in [5.74, 6) is 0. The molecule has 174 valence electrons. The number of hydrogen-bond acceptors (Lipinski definition) is 10. The summed E-state index contributed by atoms with van der Waals surface area (Å²) in [5, 5.41) is 3.54. The van der Waals surface area contributed by atoms with Crippen molar-refractivity contribution in [3.63, 3.8) is 0 Å². The van der Waals surface area contributed by atoms with Crippen molar-refractivity contribution in [3.8, 4) is 0 Å². The van der Waals surface area contributed by atoms with Crippen LogP contribution in [0.4, 0.5) is 0 Å². The smallest absolute Gasteiger partial charge is 0.352 e. The average Bonchev–Trinajstić information content (AvgIpc) is 2.96. The Labute approximate surface area is 183 Å². The zero-order chi connectivity index (χ0) is 23.6. The van der Waals surface area contributed by atoms with Crippen molar-refractivity contribution in [3.05, 3.63) is 43.0 Å². The zero-order valence-electron chi connectivity index (χ0n) is 15.3. The Morgan fingerprint density at radius 2 is 2.06 bits per heavy atom. The van der Waals surface area contributed by atoms with Gasteiger partial charge < -0.3 is 23.9 Å². The molecule has 0 spiro atoms. The Kier molecular flexibility index (Phi) is 8.50. The monoisotopic (exact) mass is 539 g/mol. The second kappa shape index (κ2) is 9.98. The summed E-state index contributed by atoms with van der Waals surface area (Å²) in [7, 11) is -10.7. The first kappa shape index (κ1) is 26.4. The lowest BCUT2D eigenvalue weighted by molar-refractivity contribution is -0.0217. The van der Waals surface area contributed by atoms with Gasteiger partial charge in [-0.25, -0.2) is 18.2 Å². The fraction of sp³-hybridized carbons (Fsp3) is 0.600. The molecule has 2 rings (SSSR count). The van der Waals surface area contributed by atoms with Crippen LogP contribution in [0.25, 0.3) is 10.4 Å².